The third-order valence-corrected chi connectivity index (χ3v) is 2.79. The molecule has 0 aromatic heterocycles. The number of aryl methyl sites for hydroxylation is 1. The average Bonchev–Trinajstić information content (AvgIpc) is 2.33. The van der Waals surface area contributed by atoms with Gasteiger partial charge in [-0.1, -0.05) is 36.4 Å². The largest absolute Gasteiger partial charge is 0.276 e. The summed E-state index contributed by atoms with van der Waals surface area (Å²) in [6.07, 6.45) is 3.27. The number of nitrogens with one attached hydrogen (secondary N) is 1. The summed E-state index contributed by atoms with van der Waals surface area (Å²) in [6, 6.07) is 12.6. The van der Waals surface area contributed by atoms with Gasteiger partial charge in [0.15, 0.2) is 0 Å². The SMILES string of the molecule is Cc1c(/C=[N+](\C)C=N)ccc2ccccc12. The maximum atomic E-state index is 7.16. The number of nitrogens with zero attached hydrogens (tertiary/aromatic N) is 1. The first-order valence-corrected chi connectivity index (χ1v) is 5.28. The second kappa shape index (κ2) is 4.27. The van der Waals surface area contributed by atoms with Crippen LogP contribution in [0.15, 0.2) is 36.4 Å². The van der Waals surface area contributed by atoms with Gasteiger partial charge in [0.05, 0.1) is 13.3 Å². The van der Waals surface area contributed by atoms with E-state index < -0.39 is 0 Å². The molecule has 0 amide bonds. The molecule has 2 rings (SSSR count). The van der Waals surface area contributed by atoms with Crippen molar-refractivity contribution in [1.29, 1.82) is 5.41 Å². The van der Waals surface area contributed by atoms with Crippen molar-refractivity contribution in [2.75, 3.05) is 7.05 Å². The van der Waals surface area contributed by atoms with Crippen molar-refractivity contribution < 1.29 is 4.58 Å². The molecule has 0 aliphatic rings. The lowest BCUT2D eigenvalue weighted by molar-refractivity contribution is -0.355. The van der Waals surface area contributed by atoms with E-state index in [2.05, 4.69) is 43.3 Å². The minimum atomic E-state index is 1.16. The summed E-state index contributed by atoms with van der Waals surface area (Å²) in [4.78, 5) is 0. The normalized spacial score (nSPS) is 11.8. The highest BCUT2D eigenvalue weighted by Gasteiger charge is 2.02. The standard InChI is InChI=1S/C14H15N2/c1-11-13(9-16(2)10-15)8-7-12-5-3-4-6-14(11)12/h3-10,15H,1-2H3/q+1/b15-10?,16-9+. The zero-order chi connectivity index (χ0) is 11.5. The maximum absolute atomic E-state index is 7.16. The van der Waals surface area contributed by atoms with E-state index in [4.69, 9.17) is 5.41 Å². The molecule has 1 N–H and O–H groups in total. The Hall–Kier alpha value is -1.96. The fourth-order valence-corrected chi connectivity index (χ4v) is 1.84. The highest BCUT2D eigenvalue weighted by molar-refractivity contribution is 5.93. The molecule has 0 saturated heterocycles. The van der Waals surface area contributed by atoms with Crippen LogP contribution >= 0.6 is 0 Å². The summed E-state index contributed by atoms with van der Waals surface area (Å²) in [7, 11) is 1.86. The van der Waals surface area contributed by atoms with Crippen molar-refractivity contribution >= 4 is 23.3 Å². The van der Waals surface area contributed by atoms with Crippen LogP contribution in [-0.2, 0) is 0 Å². The van der Waals surface area contributed by atoms with Gasteiger partial charge in [-0.15, -0.1) is 5.41 Å². The molecule has 0 radical (unpaired) electrons. The van der Waals surface area contributed by atoms with Crippen LogP contribution in [0, 0.1) is 12.3 Å². The Labute approximate surface area is 95.4 Å². The highest BCUT2D eigenvalue weighted by Crippen LogP contribution is 2.20. The summed E-state index contributed by atoms with van der Waals surface area (Å²) in [5, 5.41) is 9.69. The van der Waals surface area contributed by atoms with E-state index in [-0.39, 0.29) is 0 Å². The average molecular weight is 211 g/mol. The van der Waals surface area contributed by atoms with Gasteiger partial charge in [0.1, 0.15) is 0 Å². The zero-order valence-corrected chi connectivity index (χ0v) is 9.57. The fourth-order valence-electron chi connectivity index (χ4n) is 1.84. The topological polar surface area (TPSA) is 26.9 Å². The van der Waals surface area contributed by atoms with Crippen molar-refractivity contribution in [3.05, 3.63) is 47.5 Å². The Morgan fingerprint density at radius 1 is 1.12 bits per heavy atom. The Morgan fingerprint density at radius 3 is 2.62 bits per heavy atom. The molecule has 0 fully saturated rings. The molecule has 0 bridgehead atoms. The first-order chi connectivity index (χ1) is 7.72. The number of hydrogen-bond donors (Lipinski definition) is 1. The summed E-state index contributed by atoms with van der Waals surface area (Å²) in [5.74, 6) is 0. The Balaban J connectivity index is 2.65. The van der Waals surface area contributed by atoms with Crippen LogP contribution in [0.5, 0.6) is 0 Å². The fraction of sp³-hybridized carbons (Fsp3) is 0.143. The smallest absolute Gasteiger partial charge is 0.240 e. The van der Waals surface area contributed by atoms with Gasteiger partial charge in [0, 0.05) is 5.56 Å². The summed E-state index contributed by atoms with van der Waals surface area (Å²) >= 11 is 0. The van der Waals surface area contributed by atoms with Gasteiger partial charge in [-0.3, -0.25) is 0 Å². The Bertz CT molecular complexity index is 568. The second-order valence-electron chi connectivity index (χ2n) is 3.92. The molecule has 16 heavy (non-hydrogen) atoms. The Morgan fingerprint density at radius 2 is 1.88 bits per heavy atom. The van der Waals surface area contributed by atoms with Crippen LogP contribution < -0.4 is 0 Å². The van der Waals surface area contributed by atoms with Gasteiger partial charge in [-0.25, -0.2) is 4.58 Å². The van der Waals surface area contributed by atoms with Gasteiger partial charge in [0.25, 0.3) is 6.34 Å². The van der Waals surface area contributed by atoms with E-state index in [1.54, 1.807) is 4.58 Å². The quantitative estimate of drug-likeness (QED) is 0.449. The van der Waals surface area contributed by atoms with Crippen LogP contribution in [0.3, 0.4) is 0 Å². The first-order valence-electron chi connectivity index (χ1n) is 5.28. The van der Waals surface area contributed by atoms with E-state index in [1.165, 1.54) is 22.7 Å². The number of benzene rings is 2. The molecule has 2 aromatic carbocycles. The van der Waals surface area contributed by atoms with Gasteiger partial charge in [0.2, 0.25) is 0 Å². The third-order valence-electron chi connectivity index (χ3n) is 2.79. The monoisotopic (exact) mass is 211 g/mol. The molecule has 2 nitrogen and oxygen atoms in total. The highest BCUT2D eigenvalue weighted by atomic mass is 15.0. The predicted molar refractivity (Wildman–Crippen MR) is 68.8 cm³/mol. The van der Waals surface area contributed by atoms with Crippen molar-refractivity contribution in [2.45, 2.75) is 6.92 Å². The number of fused-ring (bicyclic) bond motifs is 1. The van der Waals surface area contributed by atoms with E-state index in [9.17, 15) is 0 Å². The van der Waals surface area contributed by atoms with Crippen LogP contribution in [0.25, 0.3) is 10.8 Å². The van der Waals surface area contributed by atoms with Crippen molar-refractivity contribution in [2.24, 2.45) is 0 Å². The minimum absolute atomic E-state index is 1.16. The molecule has 2 aromatic rings. The maximum Gasteiger partial charge on any atom is 0.276 e. The molecule has 0 saturated carbocycles. The molecule has 80 valence electrons. The summed E-state index contributed by atoms with van der Waals surface area (Å²) in [5.41, 5.74) is 2.41. The lowest BCUT2D eigenvalue weighted by atomic mass is 10.0. The molecule has 2 heteroatoms. The number of rotatable bonds is 2. The van der Waals surface area contributed by atoms with Crippen LogP contribution in [0.4, 0.5) is 0 Å². The molecule has 0 spiro atoms. The lowest BCUT2D eigenvalue weighted by Gasteiger charge is -2.05. The van der Waals surface area contributed by atoms with E-state index >= 15 is 0 Å². The van der Waals surface area contributed by atoms with Gasteiger partial charge in [-0.05, 0) is 23.3 Å². The lowest BCUT2D eigenvalue weighted by Crippen LogP contribution is -2.05. The van der Waals surface area contributed by atoms with E-state index in [0.717, 1.165) is 5.56 Å². The van der Waals surface area contributed by atoms with Crippen molar-refractivity contribution in [1.82, 2.24) is 0 Å². The molecule has 0 atom stereocenters. The Kier molecular flexibility index (Phi) is 2.82. The molecular formula is C14H15N2+. The zero-order valence-electron chi connectivity index (χ0n) is 9.57. The van der Waals surface area contributed by atoms with Gasteiger partial charge >= 0.3 is 0 Å². The predicted octanol–water partition coefficient (Wildman–Crippen LogP) is 2.82. The first kappa shape index (κ1) is 10.6. The van der Waals surface area contributed by atoms with Crippen LogP contribution in [-0.4, -0.2) is 24.2 Å². The molecule has 0 heterocycles. The van der Waals surface area contributed by atoms with Crippen molar-refractivity contribution in [3.8, 4) is 0 Å². The molecule has 0 aliphatic carbocycles. The number of hydrogen-bond acceptors (Lipinski definition) is 1. The summed E-state index contributed by atoms with van der Waals surface area (Å²) < 4.78 is 1.75. The minimum Gasteiger partial charge on any atom is -0.240 e. The molecular weight excluding hydrogens is 196 g/mol. The van der Waals surface area contributed by atoms with Crippen LogP contribution in [0.2, 0.25) is 0 Å². The van der Waals surface area contributed by atoms with Gasteiger partial charge in [-0.2, -0.15) is 0 Å². The van der Waals surface area contributed by atoms with Crippen molar-refractivity contribution in [3.63, 3.8) is 0 Å². The third kappa shape index (κ3) is 1.87. The second-order valence-corrected chi connectivity index (χ2v) is 3.92. The van der Waals surface area contributed by atoms with Crippen LogP contribution in [0.1, 0.15) is 11.1 Å². The van der Waals surface area contributed by atoms with E-state index in [0.29, 0.717) is 0 Å². The summed E-state index contributed by atoms with van der Waals surface area (Å²) in [6.45, 7) is 2.12. The molecule has 0 unspecified atom stereocenters. The molecule has 0 aliphatic heterocycles. The van der Waals surface area contributed by atoms with E-state index in [1.807, 2.05) is 13.3 Å². The van der Waals surface area contributed by atoms with Gasteiger partial charge < -0.3 is 0 Å².